The molecule has 3 aromatic rings. The first kappa shape index (κ1) is 32.5. The normalized spacial score (nSPS) is 12.4. The number of benzene rings is 1. The summed E-state index contributed by atoms with van der Waals surface area (Å²) >= 11 is 12.5. The maximum Gasteiger partial charge on any atom is 0.425 e. The Hall–Kier alpha value is -3.97. The molecule has 1 atom stereocenters. The average Bonchev–Trinajstić information content (AvgIpc) is 3.24. The van der Waals surface area contributed by atoms with Crippen LogP contribution in [0.5, 0.6) is 5.75 Å². The molecule has 2 heterocycles. The Labute approximate surface area is 252 Å². The van der Waals surface area contributed by atoms with Crippen molar-refractivity contribution < 1.29 is 33.0 Å². The molecule has 1 aromatic carbocycles. The van der Waals surface area contributed by atoms with Gasteiger partial charge in [-0.25, -0.2) is 14.0 Å². The molecular formula is C27H31Cl2FN6O6. The molecule has 0 aliphatic heterocycles. The fourth-order valence-electron chi connectivity index (χ4n) is 3.43. The lowest BCUT2D eigenvalue weighted by atomic mass is 10.1. The molecule has 0 radical (unpaired) electrons. The van der Waals surface area contributed by atoms with E-state index in [1.165, 1.54) is 23.9 Å². The van der Waals surface area contributed by atoms with Crippen molar-refractivity contribution in [2.75, 3.05) is 10.2 Å². The van der Waals surface area contributed by atoms with Crippen molar-refractivity contribution in [2.24, 2.45) is 7.05 Å². The van der Waals surface area contributed by atoms with Gasteiger partial charge in [0.05, 0.1) is 16.9 Å². The van der Waals surface area contributed by atoms with Gasteiger partial charge in [-0.05, 0) is 60.6 Å². The van der Waals surface area contributed by atoms with Gasteiger partial charge < -0.3 is 19.5 Å². The Kier molecular flexibility index (Phi) is 9.68. The van der Waals surface area contributed by atoms with Crippen LogP contribution in [-0.2, 0) is 16.5 Å². The molecule has 1 unspecified atom stereocenters. The van der Waals surface area contributed by atoms with Gasteiger partial charge in [0.1, 0.15) is 23.1 Å². The second-order valence-corrected chi connectivity index (χ2v) is 11.9. The first-order chi connectivity index (χ1) is 19.4. The van der Waals surface area contributed by atoms with E-state index in [-0.39, 0.29) is 27.1 Å². The van der Waals surface area contributed by atoms with Crippen LogP contribution in [0.3, 0.4) is 0 Å². The first-order valence-corrected chi connectivity index (χ1v) is 13.4. The Morgan fingerprint density at radius 1 is 1.02 bits per heavy atom. The molecule has 42 heavy (non-hydrogen) atoms. The monoisotopic (exact) mass is 624 g/mol. The summed E-state index contributed by atoms with van der Waals surface area (Å²) in [5.74, 6) is -2.21. The molecule has 12 nitrogen and oxygen atoms in total. The maximum absolute atomic E-state index is 14.3. The fraction of sp³-hybridized carbons (Fsp3) is 0.407. The predicted octanol–water partition coefficient (Wildman–Crippen LogP) is 6.72. The second kappa shape index (κ2) is 12.5. The lowest BCUT2D eigenvalue weighted by molar-refractivity contribution is 0.0425. The molecule has 3 rings (SSSR count). The molecular weight excluding hydrogens is 594 g/mol. The van der Waals surface area contributed by atoms with Gasteiger partial charge in [-0.3, -0.25) is 9.48 Å². The van der Waals surface area contributed by atoms with E-state index in [1.54, 1.807) is 54.8 Å². The van der Waals surface area contributed by atoms with Crippen LogP contribution in [0.1, 0.15) is 70.6 Å². The first-order valence-electron chi connectivity index (χ1n) is 12.6. The van der Waals surface area contributed by atoms with Gasteiger partial charge in [0.2, 0.25) is 5.82 Å². The largest absolute Gasteiger partial charge is 0.482 e. The zero-order valence-corrected chi connectivity index (χ0v) is 25.8. The molecule has 1 N–H and O–H groups in total. The van der Waals surface area contributed by atoms with E-state index in [2.05, 4.69) is 20.6 Å². The number of aromatic nitrogens is 4. The minimum atomic E-state index is -1.15. The van der Waals surface area contributed by atoms with Crippen molar-refractivity contribution in [1.29, 1.82) is 0 Å². The van der Waals surface area contributed by atoms with Crippen molar-refractivity contribution in [3.05, 3.63) is 57.7 Å². The van der Waals surface area contributed by atoms with E-state index < -0.39 is 47.0 Å². The van der Waals surface area contributed by atoms with E-state index in [1.807, 2.05) is 0 Å². The van der Waals surface area contributed by atoms with Gasteiger partial charge in [0, 0.05) is 29.9 Å². The van der Waals surface area contributed by atoms with Gasteiger partial charge in [-0.1, -0.05) is 23.2 Å². The number of rotatable bonds is 6. The molecule has 0 fully saturated rings. The summed E-state index contributed by atoms with van der Waals surface area (Å²) in [6.07, 6.45) is -0.410. The Morgan fingerprint density at radius 3 is 2.14 bits per heavy atom. The molecule has 2 aromatic heterocycles. The summed E-state index contributed by atoms with van der Waals surface area (Å²) in [5.41, 5.74) is -1.86. The average molecular weight is 625 g/mol. The maximum atomic E-state index is 14.3. The predicted molar refractivity (Wildman–Crippen MR) is 154 cm³/mol. The lowest BCUT2D eigenvalue weighted by Crippen LogP contribution is -2.44. The number of carbonyl (C=O) groups is 3. The van der Waals surface area contributed by atoms with Crippen LogP contribution in [0, 0.1) is 5.82 Å². The van der Waals surface area contributed by atoms with Crippen LogP contribution < -0.4 is 15.0 Å². The van der Waals surface area contributed by atoms with Gasteiger partial charge in [0.15, 0.2) is 11.4 Å². The molecule has 15 heteroatoms. The van der Waals surface area contributed by atoms with Crippen molar-refractivity contribution in [1.82, 2.24) is 20.0 Å². The number of nitrogens with zero attached hydrogens (tertiary/aromatic N) is 5. The smallest absolute Gasteiger partial charge is 0.425 e. The van der Waals surface area contributed by atoms with Crippen LogP contribution in [0.2, 0.25) is 10.0 Å². The molecule has 0 aliphatic rings. The topological polar surface area (TPSA) is 138 Å². The summed E-state index contributed by atoms with van der Waals surface area (Å²) in [7, 11) is 1.67. The Bertz CT molecular complexity index is 1470. The summed E-state index contributed by atoms with van der Waals surface area (Å²) in [4.78, 5) is 40.1. The van der Waals surface area contributed by atoms with E-state index >= 15 is 0 Å². The van der Waals surface area contributed by atoms with Gasteiger partial charge in [-0.2, -0.15) is 10.00 Å². The lowest BCUT2D eigenvalue weighted by Gasteiger charge is -2.29. The Morgan fingerprint density at radius 2 is 1.62 bits per heavy atom. The number of aryl methyl sites for hydroxylation is 1. The van der Waals surface area contributed by atoms with E-state index in [0.29, 0.717) is 10.6 Å². The number of halogens is 3. The highest BCUT2D eigenvalue weighted by Crippen LogP contribution is 2.38. The second-order valence-electron chi connectivity index (χ2n) is 11.1. The van der Waals surface area contributed by atoms with Crippen molar-refractivity contribution >= 4 is 52.8 Å². The molecule has 3 amide bonds. The number of nitrogens with one attached hydrogen (secondary N) is 1. The summed E-state index contributed by atoms with van der Waals surface area (Å²) in [6, 6.07) is 3.53. The molecule has 0 bridgehead atoms. The number of carbonyl (C=O) groups excluding carboxylic acids is 3. The SMILES string of the molecule is CC(Oc1cc(C(=O)Nc2cnn(C)c2)nnc1N(C(=O)OC(C)(C)C)C(=O)OC(C)(C)C)c1c(Cl)ccc(F)c1Cl. The number of hydrogen-bond donors (Lipinski definition) is 1. The highest BCUT2D eigenvalue weighted by molar-refractivity contribution is 6.36. The van der Waals surface area contributed by atoms with E-state index in [9.17, 15) is 18.8 Å². The quantitative estimate of drug-likeness (QED) is 0.296. The third-order valence-electron chi connectivity index (χ3n) is 5.09. The molecule has 0 saturated heterocycles. The third kappa shape index (κ3) is 8.29. The zero-order valence-electron chi connectivity index (χ0n) is 24.3. The number of imide groups is 1. The fourth-order valence-corrected chi connectivity index (χ4v) is 4.11. The van der Waals surface area contributed by atoms with Crippen LogP contribution in [0.25, 0.3) is 0 Å². The highest BCUT2D eigenvalue weighted by Gasteiger charge is 2.37. The third-order valence-corrected chi connectivity index (χ3v) is 5.80. The van der Waals surface area contributed by atoms with Crippen molar-refractivity contribution in [3.63, 3.8) is 0 Å². The van der Waals surface area contributed by atoms with Gasteiger partial charge >= 0.3 is 12.2 Å². The van der Waals surface area contributed by atoms with E-state index in [0.717, 1.165) is 12.1 Å². The van der Waals surface area contributed by atoms with Crippen molar-refractivity contribution in [3.8, 4) is 5.75 Å². The molecule has 0 saturated carbocycles. The van der Waals surface area contributed by atoms with Crippen LogP contribution in [0.4, 0.5) is 25.5 Å². The van der Waals surface area contributed by atoms with Crippen LogP contribution in [-0.4, -0.2) is 49.3 Å². The standard InChI is InChI=1S/C27H31Cl2FN6O6/c1-14(20-16(28)9-10-17(30)21(20)29)40-19-11-18(23(37)32-15-12-31-35(8)13-15)33-34-22(19)36(24(38)41-26(2,3)4)25(39)42-27(5,6)7/h9-14H,1-8H3,(H,32,37). The molecule has 0 aliphatic carbocycles. The summed E-state index contributed by atoms with van der Waals surface area (Å²) in [6.45, 7) is 11.1. The van der Waals surface area contributed by atoms with E-state index in [4.69, 9.17) is 37.4 Å². The van der Waals surface area contributed by atoms with Gasteiger partial charge in [-0.15, -0.1) is 10.2 Å². The van der Waals surface area contributed by atoms with Gasteiger partial charge in [0.25, 0.3) is 5.91 Å². The number of anilines is 2. The highest BCUT2D eigenvalue weighted by atomic mass is 35.5. The van der Waals surface area contributed by atoms with Crippen LogP contribution in [0.15, 0.2) is 30.6 Å². The summed E-state index contributed by atoms with van der Waals surface area (Å²) in [5, 5.41) is 14.3. The minimum Gasteiger partial charge on any atom is -0.482 e. The van der Waals surface area contributed by atoms with Crippen LogP contribution >= 0.6 is 23.2 Å². The molecule has 0 spiro atoms. The van der Waals surface area contributed by atoms with Crippen molar-refractivity contribution in [2.45, 2.75) is 65.8 Å². The number of amides is 3. The Balaban J connectivity index is 2.15. The number of hydrogen-bond acceptors (Lipinski definition) is 9. The molecule has 226 valence electrons. The zero-order chi connectivity index (χ0) is 31.6. The minimum absolute atomic E-state index is 0.0727. The summed E-state index contributed by atoms with van der Waals surface area (Å²) < 4.78 is 32.7. The number of ether oxygens (including phenoxy) is 3.